The zero-order valence-corrected chi connectivity index (χ0v) is 26.1. The first-order valence-corrected chi connectivity index (χ1v) is 15.3. The van der Waals surface area contributed by atoms with Gasteiger partial charge in [-0.3, -0.25) is 13.9 Å². The van der Waals surface area contributed by atoms with E-state index in [1.165, 1.54) is 32.6 Å². The Morgan fingerprint density at radius 3 is 2.18 bits per heavy atom. The maximum Gasteiger partial charge on any atom is 0.264 e. The largest absolute Gasteiger partial charge is 0.495 e. The summed E-state index contributed by atoms with van der Waals surface area (Å²) in [6.45, 7) is 2.91. The topological polar surface area (TPSA) is 136 Å². The second kappa shape index (κ2) is 14.9. The fourth-order valence-corrected chi connectivity index (χ4v) is 5.63. The summed E-state index contributed by atoms with van der Waals surface area (Å²) < 4.78 is 44.6. The monoisotopic (exact) mass is 630 g/mol. The summed E-state index contributed by atoms with van der Waals surface area (Å²) in [5.41, 5.74) is 5.47. The van der Waals surface area contributed by atoms with Crippen molar-refractivity contribution in [3.63, 3.8) is 0 Å². The summed E-state index contributed by atoms with van der Waals surface area (Å²) in [5.74, 6) is 0.278. The molecule has 0 saturated heterocycles. The van der Waals surface area contributed by atoms with E-state index in [0.717, 1.165) is 15.4 Å². The van der Waals surface area contributed by atoms with Gasteiger partial charge in [0.25, 0.3) is 21.8 Å². The van der Waals surface area contributed by atoms with Gasteiger partial charge < -0.3 is 19.5 Å². The van der Waals surface area contributed by atoms with Crippen LogP contribution in [0.2, 0.25) is 0 Å². The van der Waals surface area contributed by atoms with Crippen molar-refractivity contribution in [1.29, 1.82) is 0 Å². The van der Waals surface area contributed by atoms with Crippen molar-refractivity contribution in [2.45, 2.75) is 18.7 Å². The molecular weight excluding hydrogens is 596 g/mol. The van der Waals surface area contributed by atoms with Gasteiger partial charge in [-0.25, -0.2) is 13.8 Å². The van der Waals surface area contributed by atoms with Crippen molar-refractivity contribution in [3.05, 3.63) is 108 Å². The molecule has 0 bridgehead atoms. The highest BCUT2D eigenvalue weighted by atomic mass is 32.2. The van der Waals surface area contributed by atoms with Crippen LogP contribution in [0.5, 0.6) is 17.2 Å². The Hall–Kier alpha value is -5.36. The highest BCUT2D eigenvalue weighted by Crippen LogP contribution is 2.33. The van der Waals surface area contributed by atoms with Crippen LogP contribution < -0.4 is 29.3 Å². The molecule has 0 spiro atoms. The smallest absolute Gasteiger partial charge is 0.264 e. The van der Waals surface area contributed by atoms with Gasteiger partial charge in [-0.15, -0.1) is 0 Å². The number of hydrogen-bond donors (Lipinski definition) is 2. The molecule has 0 heterocycles. The third-order valence-electron chi connectivity index (χ3n) is 6.53. The number of ether oxygens (including phenoxy) is 3. The van der Waals surface area contributed by atoms with Gasteiger partial charge in [-0.1, -0.05) is 35.9 Å². The number of nitrogens with one attached hydrogen (secondary N) is 2. The summed E-state index contributed by atoms with van der Waals surface area (Å²) in [6.07, 6.45) is 1.40. The van der Waals surface area contributed by atoms with E-state index in [4.69, 9.17) is 14.2 Å². The van der Waals surface area contributed by atoms with Crippen LogP contribution in [0.15, 0.2) is 101 Å². The molecule has 0 atom stereocenters. The fourth-order valence-electron chi connectivity index (χ4n) is 4.21. The number of hydrazone groups is 1. The average Bonchev–Trinajstić information content (AvgIpc) is 3.03. The molecule has 12 heteroatoms. The number of para-hydroxylation sites is 2. The Morgan fingerprint density at radius 2 is 1.49 bits per heavy atom. The molecule has 0 saturated carbocycles. The lowest BCUT2D eigenvalue weighted by molar-refractivity contribution is -0.119. The predicted molar refractivity (Wildman–Crippen MR) is 173 cm³/mol. The number of aryl methyl sites for hydroxylation is 2. The van der Waals surface area contributed by atoms with Crippen molar-refractivity contribution in [2.75, 3.05) is 37.0 Å². The average molecular weight is 631 g/mol. The fraction of sp³-hybridized carbons (Fsp3) is 0.182. The van der Waals surface area contributed by atoms with Crippen molar-refractivity contribution in [1.82, 2.24) is 5.43 Å². The van der Waals surface area contributed by atoms with Gasteiger partial charge >= 0.3 is 0 Å². The minimum Gasteiger partial charge on any atom is -0.495 e. The molecule has 4 aromatic carbocycles. The van der Waals surface area contributed by atoms with Crippen molar-refractivity contribution < 1.29 is 32.2 Å². The zero-order chi connectivity index (χ0) is 32.4. The van der Waals surface area contributed by atoms with Gasteiger partial charge in [-0.2, -0.15) is 5.10 Å². The molecule has 11 nitrogen and oxygen atoms in total. The molecule has 4 rings (SSSR count). The first-order chi connectivity index (χ1) is 21.6. The van der Waals surface area contributed by atoms with Gasteiger partial charge in [0.15, 0.2) is 6.61 Å². The number of amides is 2. The minimum absolute atomic E-state index is 0.0348. The first kappa shape index (κ1) is 32.6. The Balaban J connectivity index is 1.39. The number of rotatable bonds is 13. The maximum atomic E-state index is 13.7. The van der Waals surface area contributed by atoms with Crippen LogP contribution in [0.4, 0.5) is 11.4 Å². The summed E-state index contributed by atoms with van der Waals surface area (Å²) in [7, 11) is -1.19. The van der Waals surface area contributed by atoms with E-state index in [0.29, 0.717) is 28.5 Å². The lowest BCUT2D eigenvalue weighted by atomic mass is 10.2. The maximum absolute atomic E-state index is 13.7. The van der Waals surface area contributed by atoms with Crippen molar-refractivity contribution in [3.8, 4) is 17.2 Å². The van der Waals surface area contributed by atoms with Crippen molar-refractivity contribution >= 4 is 39.4 Å². The van der Waals surface area contributed by atoms with Crippen LogP contribution in [-0.4, -0.2) is 53.8 Å². The molecule has 0 aromatic heterocycles. The van der Waals surface area contributed by atoms with Crippen LogP contribution in [0.3, 0.4) is 0 Å². The third kappa shape index (κ3) is 8.61. The molecule has 2 N–H and O–H groups in total. The summed E-state index contributed by atoms with van der Waals surface area (Å²) in [5, 5.41) is 6.72. The predicted octanol–water partition coefficient (Wildman–Crippen LogP) is 4.68. The molecule has 4 aromatic rings. The Bertz CT molecular complexity index is 1770. The first-order valence-electron chi connectivity index (χ1n) is 13.8. The van der Waals surface area contributed by atoms with Gasteiger partial charge in [0, 0.05) is 0 Å². The molecule has 0 radical (unpaired) electrons. The van der Waals surface area contributed by atoms with Crippen LogP contribution in [0.1, 0.15) is 16.7 Å². The normalized spacial score (nSPS) is 11.1. The van der Waals surface area contributed by atoms with Crippen LogP contribution >= 0.6 is 0 Å². The van der Waals surface area contributed by atoms with Gasteiger partial charge in [0.05, 0.1) is 36.7 Å². The second-order valence-electron chi connectivity index (χ2n) is 9.90. The van der Waals surface area contributed by atoms with E-state index >= 15 is 0 Å². The third-order valence-corrected chi connectivity index (χ3v) is 8.31. The molecule has 0 aliphatic rings. The SMILES string of the molecule is COc1ccccc1NC(=O)COc1ccc(/C=N\NC(=O)CN(c2cc(C)ccc2OC)S(=O)(=O)c2ccc(C)cc2)cc1. The number of nitrogens with zero attached hydrogens (tertiary/aromatic N) is 2. The van der Waals surface area contributed by atoms with E-state index in [2.05, 4.69) is 15.8 Å². The van der Waals surface area contributed by atoms with E-state index < -0.39 is 22.5 Å². The second-order valence-corrected chi connectivity index (χ2v) is 11.8. The molecule has 0 aliphatic heterocycles. The summed E-state index contributed by atoms with van der Waals surface area (Å²) >= 11 is 0. The van der Waals surface area contributed by atoms with E-state index in [1.54, 1.807) is 78.9 Å². The van der Waals surface area contributed by atoms with Gasteiger partial charge in [0.2, 0.25) is 0 Å². The van der Waals surface area contributed by atoms with E-state index in [1.807, 2.05) is 13.8 Å². The molecule has 2 amide bonds. The van der Waals surface area contributed by atoms with Crippen LogP contribution in [0.25, 0.3) is 0 Å². The summed E-state index contributed by atoms with van der Waals surface area (Å²) in [6, 6.07) is 25.2. The van der Waals surface area contributed by atoms with E-state index in [9.17, 15) is 18.0 Å². The minimum atomic E-state index is -4.14. The number of benzene rings is 4. The number of methoxy groups -OCH3 is 2. The van der Waals surface area contributed by atoms with Crippen LogP contribution in [-0.2, 0) is 19.6 Å². The standard InChI is InChI=1S/C33H34N4O7S/c1-23-9-16-27(17-10-23)45(40,41)37(29-19-24(2)11-18-31(29)43-4)21-32(38)36-34-20-25-12-14-26(15-13-25)44-22-33(39)35-28-7-5-6-8-30(28)42-3/h5-20H,21-22H2,1-4H3,(H,35,39)(H,36,38)/b34-20-. The molecule has 0 fully saturated rings. The number of carbonyl (C=O) groups excluding carboxylic acids is 2. The molecular formula is C33H34N4O7S. The quantitative estimate of drug-likeness (QED) is 0.162. The number of hydrogen-bond acceptors (Lipinski definition) is 8. The molecule has 0 unspecified atom stereocenters. The molecule has 45 heavy (non-hydrogen) atoms. The Morgan fingerprint density at radius 1 is 0.822 bits per heavy atom. The summed E-state index contributed by atoms with van der Waals surface area (Å²) in [4.78, 5) is 25.3. The lowest BCUT2D eigenvalue weighted by Crippen LogP contribution is -2.39. The van der Waals surface area contributed by atoms with Gasteiger partial charge in [0.1, 0.15) is 23.8 Å². The number of carbonyl (C=O) groups is 2. The van der Waals surface area contributed by atoms with Crippen molar-refractivity contribution in [2.24, 2.45) is 5.10 Å². The Kier molecular flexibility index (Phi) is 10.8. The highest BCUT2D eigenvalue weighted by molar-refractivity contribution is 7.92. The zero-order valence-electron chi connectivity index (χ0n) is 25.3. The van der Waals surface area contributed by atoms with Gasteiger partial charge in [-0.05, 0) is 85.6 Å². The highest BCUT2D eigenvalue weighted by Gasteiger charge is 2.29. The van der Waals surface area contributed by atoms with Crippen LogP contribution in [0, 0.1) is 13.8 Å². The molecule has 0 aliphatic carbocycles. The van der Waals surface area contributed by atoms with E-state index in [-0.39, 0.29) is 23.1 Å². The molecule has 234 valence electrons. The Labute approximate surface area is 262 Å². The number of anilines is 2. The number of sulfonamides is 1. The lowest BCUT2D eigenvalue weighted by Gasteiger charge is -2.25.